The minimum absolute atomic E-state index is 0.422. The summed E-state index contributed by atoms with van der Waals surface area (Å²) < 4.78 is 9.51. The lowest BCUT2D eigenvalue weighted by molar-refractivity contribution is 1.14. The van der Waals surface area contributed by atoms with Crippen molar-refractivity contribution in [2.75, 3.05) is 0 Å². The SMILES string of the molecule is [C-]#[N+]c1c(-c2ccc3ccccc3c2)c(C#N)c(-n2c3ccccc3c3cc4c(cc32)sc2ccccc24)c(-c2ccc3ccccc3c2)c1-n1c2ccccc2c2cc3c(cc21)sc1ccccc13. The van der Waals surface area contributed by atoms with E-state index < -0.39 is 0 Å². The van der Waals surface area contributed by atoms with Crippen LogP contribution in [0.3, 0.4) is 0 Å². The van der Waals surface area contributed by atoms with Crippen molar-refractivity contribution in [2.24, 2.45) is 0 Å². The fourth-order valence-corrected chi connectivity index (χ4v) is 13.7. The molecule has 15 aromatic rings. The molecule has 4 nitrogen and oxygen atoms in total. The highest BCUT2D eigenvalue weighted by atomic mass is 32.1. The molecule has 0 spiro atoms. The summed E-state index contributed by atoms with van der Waals surface area (Å²) >= 11 is 3.59. The van der Waals surface area contributed by atoms with Crippen LogP contribution in [0.2, 0.25) is 0 Å². The molecule has 0 saturated heterocycles. The molecule has 0 bridgehead atoms. The molecule has 70 heavy (non-hydrogen) atoms. The monoisotopic (exact) mass is 922 g/mol. The van der Waals surface area contributed by atoms with E-state index in [9.17, 15) is 11.8 Å². The maximum Gasteiger partial charge on any atom is 0.220 e. The number of para-hydroxylation sites is 2. The molecule has 11 aromatic carbocycles. The van der Waals surface area contributed by atoms with Gasteiger partial charge >= 0.3 is 0 Å². The van der Waals surface area contributed by atoms with Crippen LogP contribution in [0.15, 0.2) is 206 Å². The molecule has 322 valence electrons. The first-order chi connectivity index (χ1) is 34.6. The number of hydrogen-bond donors (Lipinski definition) is 0. The minimum Gasteiger partial charge on any atom is -0.318 e. The quantitative estimate of drug-likeness (QED) is 0.162. The van der Waals surface area contributed by atoms with Crippen LogP contribution in [-0.2, 0) is 0 Å². The lowest BCUT2D eigenvalue weighted by Gasteiger charge is -2.26. The highest BCUT2D eigenvalue weighted by Gasteiger charge is 2.32. The van der Waals surface area contributed by atoms with Crippen molar-refractivity contribution in [3.05, 3.63) is 223 Å². The highest BCUT2D eigenvalue weighted by Crippen LogP contribution is 2.54. The first kappa shape index (κ1) is 39.0. The Morgan fingerprint density at radius 2 is 0.814 bits per heavy atom. The van der Waals surface area contributed by atoms with E-state index in [0.717, 1.165) is 93.2 Å². The molecule has 0 aliphatic heterocycles. The molecule has 0 atom stereocenters. The van der Waals surface area contributed by atoms with Gasteiger partial charge in [0.25, 0.3) is 0 Å². The second-order valence-corrected chi connectivity index (χ2v) is 20.3. The van der Waals surface area contributed by atoms with Gasteiger partial charge in [0, 0.05) is 73.0 Å². The van der Waals surface area contributed by atoms with Crippen LogP contribution in [-0.4, -0.2) is 9.13 Å². The van der Waals surface area contributed by atoms with Gasteiger partial charge in [-0.3, -0.25) is 0 Å². The number of fused-ring (bicyclic) bond motifs is 14. The van der Waals surface area contributed by atoms with Crippen molar-refractivity contribution in [2.45, 2.75) is 0 Å². The van der Waals surface area contributed by atoms with Gasteiger partial charge in [-0.25, -0.2) is 4.85 Å². The van der Waals surface area contributed by atoms with Crippen molar-refractivity contribution in [3.63, 3.8) is 0 Å². The number of nitriles is 1. The van der Waals surface area contributed by atoms with Crippen molar-refractivity contribution >= 4 is 134 Å². The molecule has 0 radical (unpaired) electrons. The van der Waals surface area contributed by atoms with Crippen LogP contribution < -0.4 is 0 Å². The number of nitrogens with zero attached hydrogens (tertiary/aromatic N) is 4. The van der Waals surface area contributed by atoms with Gasteiger partial charge < -0.3 is 9.13 Å². The predicted octanol–water partition coefficient (Wildman–Crippen LogP) is 18.7. The van der Waals surface area contributed by atoms with Crippen molar-refractivity contribution in [3.8, 4) is 39.7 Å². The van der Waals surface area contributed by atoms with Gasteiger partial charge in [-0.1, -0.05) is 146 Å². The Kier molecular flexibility index (Phi) is 8.21. The molecule has 4 heterocycles. The lowest BCUT2D eigenvalue weighted by atomic mass is 9.87. The summed E-state index contributed by atoms with van der Waals surface area (Å²) in [6, 6.07) is 76.4. The van der Waals surface area contributed by atoms with Gasteiger partial charge in [-0.2, -0.15) is 5.26 Å². The van der Waals surface area contributed by atoms with E-state index in [1.165, 1.54) is 40.3 Å². The van der Waals surface area contributed by atoms with E-state index in [0.29, 0.717) is 16.8 Å². The Morgan fingerprint density at radius 1 is 0.371 bits per heavy atom. The molecule has 0 N–H and O–H groups in total. The molecular formula is C64H34N4S2. The van der Waals surface area contributed by atoms with Crippen LogP contribution in [0.5, 0.6) is 0 Å². The predicted molar refractivity (Wildman–Crippen MR) is 298 cm³/mol. The summed E-state index contributed by atoms with van der Waals surface area (Å²) in [6.07, 6.45) is 0. The molecule has 0 aliphatic rings. The summed E-state index contributed by atoms with van der Waals surface area (Å²) in [7, 11) is 0. The standard InChI is InChI=1S/C64H34N4S2/c1-66-62-60(41-28-26-37-14-2-4-16-39(37)30-41)51(36-65)63(67-52-22-10-6-18-43(52)47-32-49-45-20-8-12-24-56(45)69-58(49)34-54(47)67)61(42-29-27-38-15-3-5-17-40(38)31-42)64(62)68-53-23-11-7-19-44(53)48-33-50-46-21-9-13-25-57(46)70-59(50)35-55(48)68/h2-35H. The van der Waals surface area contributed by atoms with Crippen molar-refractivity contribution in [1.29, 1.82) is 5.26 Å². The molecule has 0 amide bonds. The highest BCUT2D eigenvalue weighted by molar-refractivity contribution is 7.26. The summed E-state index contributed by atoms with van der Waals surface area (Å²) in [4.78, 5) is 4.64. The Hall–Kier alpha value is -9.04. The fourth-order valence-electron chi connectivity index (χ4n) is 11.5. The Morgan fingerprint density at radius 3 is 1.33 bits per heavy atom. The van der Waals surface area contributed by atoms with E-state index in [1.807, 2.05) is 12.1 Å². The second-order valence-electron chi connectivity index (χ2n) is 18.2. The molecule has 4 aromatic heterocycles. The average Bonchev–Trinajstić information content (AvgIpc) is 4.16. The van der Waals surface area contributed by atoms with Crippen molar-refractivity contribution < 1.29 is 0 Å². The molecule has 6 heteroatoms. The third-order valence-corrected chi connectivity index (χ3v) is 16.8. The van der Waals surface area contributed by atoms with Crippen LogP contribution in [0.4, 0.5) is 5.69 Å². The third kappa shape index (κ3) is 5.43. The topological polar surface area (TPSA) is 38.0 Å². The van der Waals surface area contributed by atoms with E-state index in [-0.39, 0.29) is 0 Å². The fraction of sp³-hybridized carbons (Fsp3) is 0. The molecule has 0 fully saturated rings. The lowest BCUT2D eigenvalue weighted by Crippen LogP contribution is -2.08. The van der Waals surface area contributed by atoms with Gasteiger partial charge in [0.2, 0.25) is 5.69 Å². The molecule has 0 unspecified atom stereocenters. The number of hydrogen-bond acceptors (Lipinski definition) is 3. The van der Waals surface area contributed by atoms with Gasteiger partial charge in [-0.05, 0) is 93.3 Å². The van der Waals surface area contributed by atoms with E-state index in [4.69, 9.17) is 0 Å². The minimum atomic E-state index is 0.422. The largest absolute Gasteiger partial charge is 0.318 e. The van der Waals surface area contributed by atoms with Crippen LogP contribution in [0.1, 0.15) is 5.56 Å². The van der Waals surface area contributed by atoms with Crippen LogP contribution >= 0.6 is 22.7 Å². The molecule has 0 aliphatic carbocycles. The van der Waals surface area contributed by atoms with Gasteiger partial charge in [0.05, 0.1) is 45.6 Å². The number of aromatic nitrogens is 2. The maximum atomic E-state index is 12.1. The van der Waals surface area contributed by atoms with E-state index >= 15 is 0 Å². The summed E-state index contributed by atoms with van der Waals surface area (Å²) in [5.74, 6) is 0. The molecule has 15 rings (SSSR count). The van der Waals surface area contributed by atoms with Gasteiger partial charge in [-0.15, -0.1) is 22.7 Å². The first-order valence-electron chi connectivity index (χ1n) is 23.3. The number of rotatable bonds is 4. The molecule has 0 saturated carbocycles. The normalized spacial score (nSPS) is 12.0. The smallest absolute Gasteiger partial charge is 0.220 e. The first-order valence-corrected chi connectivity index (χ1v) is 25.0. The zero-order chi connectivity index (χ0) is 46.2. The maximum absolute atomic E-state index is 12.1. The summed E-state index contributed by atoms with van der Waals surface area (Å²) in [5.41, 5.74) is 9.47. The average molecular weight is 923 g/mol. The van der Waals surface area contributed by atoms with Gasteiger partial charge in [0.1, 0.15) is 6.07 Å². The number of benzene rings is 11. The Labute approximate surface area is 408 Å². The second kappa shape index (κ2) is 14.7. The molecular weight excluding hydrogens is 889 g/mol. The summed E-state index contributed by atoms with van der Waals surface area (Å²) in [6.45, 7) is 9.47. The van der Waals surface area contributed by atoms with Gasteiger partial charge in [0.15, 0.2) is 0 Å². The van der Waals surface area contributed by atoms with Crippen LogP contribution in [0, 0.1) is 17.9 Å². The Bertz CT molecular complexity index is 4640. The van der Waals surface area contributed by atoms with Crippen LogP contribution in [0.25, 0.3) is 144 Å². The zero-order valence-electron chi connectivity index (χ0n) is 37.2. The van der Waals surface area contributed by atoms with E-state index in [2.05, 4.69) is 214 Å². The van der Waals surface area contributed by atoms with E-state index in [1.54, 1.807) is 22.7 Å². The Balaban J connectivity index is 1.21. The number of thiophene rings is 2. The third-order valence-electron chi connectivity index (χ3n) is 14.5. The van der Waals surface area contributed by atoms with Crippen molar-refractivity contribution in [1.82, 2.24) is 9.13 Å². The zero-order valence-corrected chi connectivity index (χ0v) is 38.9. The summed E-state index contributed by atoms with van der Waals surface area (Å²) in [5, 5.41) is 25.7.